The van der Waals surface area contributed by atoms with Crippen molar-refractivity contribution in [2.24, 2.45) is 0 Å². The molecule has 0 amide bonds. The smallest absolute Gasteiger partial charge is 0.126 e. The van der Waals surface area contributed by atoms with E-state index in [4.69, 9.17) is 9.47 Å². The fraction of sp³-hybridized carbons (Fsp3) is 0.364. The maximum absolute atomic E-state index is 10.4. The van der Waals surface area contributed by atoms with E-state index in [1.807, 2.05) is 18.2 Å². The molecular formula is C11H12O3. The maximum atomic E-state index is 10.4. The highest BCUT2D eigenvalue weighted by atomic mass is 16.5. The van der Waals surface area contributed by atoms with Crippen LogP contribution in [0.4, 0.5) is 0 Å². The predicted octanol–water partition coefficient (Wildman–Crippen LogP) is 1.59. The van der Waals surface area contributed by atoms with Crippen LogP contribution < -0.4 is 9.47 Å². The third-order valence-electron chi connectivity index (χ3n) is 2.39. The molecule has 0 spiro atoms. The van der Waals surface area contributed by atoms with E-state index in [1.54, 1.807) is 7.11 Å². The van der Waals surface area contributed by atoms with Crippen molar-refractivity contribution in [1.82, 2.24) is 0 Å². The largest absolute Gasteiger partial charge is 0.496 e. The van der Waals surface area contributed by atoms with Crippen LogP contribution in [-0.2, 0) is 11.2 Å². The normalized spacial score (nSPS) is 18.5. The van der Waals surface area contributed by atoms with E-state index in [9.17, 15) is 4.79 Å². The summed E-state index contributed by atoms with van der Waals surface area (Å²) in [6, 6.07) is 5.70. The predicted molar refractivity (Wildman–Crippen MR) is 51.8 cm³/mol. The van der Waals surface area contributed by atoms with Gasteiger partial charge in [-0.3, -0.25) is 0 Å². The molecule has 74 valence electrons. The molecule has 1 unspecified atom stereocenters. The molecule has 1 heterocycles. The van der Waals surface area contributed by atoms with Crippen molar-refractivity contribution in [3.63, 3.8) is 0 Å². The zero-order valence-corrected chi connectivity index (χ0v) is 8.03. The van der Waals surface area contributed by atoms with E-state index in [2.05, 4.69) is 0 Å². The van der Waals surface area contributed by atoms with Crippen molar-refractivity contribution in [1.29, 1.82) is 0 Å². The number of hydrogen-bond acceptors (Lipinski definition) is 3. The number of aldehydes is 1. The molecule has 0 bridgehead atoms. The molecule has 3 heteroatoms. The molecule has 0 aromatic heterocycles. The molecule has 0 saturated carbocycles. The van der Waals surface area contributed by atoms with Gasteiger partial charge in [0.05, 0.1) is 7.11 Å². The summed E-state index contributed by atoms with van der Waals surface area (Å²) < 4.78 is 10.8. The lowest BCUT2D eigenvalue weighted by Gasteiger charge is -2.04. The molecule has 1 atom stereocenters. The van der Waals surface area contributed by atoms with Crippen LogP contribution in [0, 0.1) is 0 Å². The molecule has 0 saturated heterocycles. The second kappa shape index (κ2) is 3.70. The van der Waals surface area contributed by atoms with Crippen molar-refractivity contribution in [2.75, 3.05) is 7.11 Å². The monoisotopic (exact) mass is 192 g/mol. The molecule has 0 aliphatic carbocycles. The second-order valence-electron chi connectivity index (χ2n) is 3.28. The molecule has 1 aliphatic heterocycles. The van der Waals surface area contributed by atoms with E-state index < -0.39 is 0 Å². The zero-order chi connectivity index (χ0) is 9.97. The van der Waals surface area contributed by atoms with Gasteiger partial charge in [-0.2, -0.15) is 0 Å². The zero-order valence-electron chi connectivity index (χ0n) is 8.03. The van der Waals surface area contributed by atoms with Crippen LogP contribution in [-0.4, -0.2) is 19.5 Å². The fourth-order valence-corrected chi connectivity index (χ4v) is 1.74. The summed E-state index contributed by atoms with van der Waals surface area (Å²) in [4.78, 5) is 10.4. The number of carbonyl (C=O) groups excluding carboxylic acids is 1. The van der Waals surface area contributed by atoms with Gasteiger partial charge in [0.15, 0.2) is 0 Å². The third-order valence-corrected chi connectivity index (χ3v) is 2.39. The van der Waals surface area contributed by atoms with Crippen molar-refractivity contribution in [2.45, 2.75) is 18.9 Å². The van der Waals surface area contributed by atoms with Gasteiger partial charge in [-0.25, -0.2) is 0 Å². The van der Waals surface area contributed by atoms with Crippen molar-refractivity contribution < 1.29 is 14.3 Å². The SMILES string of the molecule is COc1cccc2c1CC(CC=O)O2. The summed E-state index contributed by atoms with van der Waals surface area (Å²) in [6.07, 6.45) is 2.08. The first kappa shape index (κ1) is 9.06. The minimum Gasteiger partial charge on any atom is -0.496 e. The number of carbonyl (C=O) groups is 1. The van der Waals surface area contributed by atoms with Crippen molar-refractivity contribution in [3.8, 4) is 11.5 Å². The molecule has 3 nitrogen and oxygen atoms in total. The van der Waals surface area contributed by atoms with Crippen molar-refractivity contribution >= 4 is 6.29 Å². The van der Waals surface area contributed by atoms with E-state index in [-0.39, 0.29) is 6.10 Å². The Morgan fingerprint density at radius 2 is 2.50 bits per heavy atom. The Balaban J connectivity index is 2.25. The number of hydrogen-bond donors (Lipinski definition) is 0. The van der Waals surface area contributed by atoms with Gasteiger partial charge in [-0.05, 0) is 12.1 Å². The van der Waals surface area contributed by atoms with Gasteiger partial charge in [0.1, 0.15) is 23.9 Å². The molecule has 1 aromatic rings. The van der Waals surface area contributed by atoms with Gasteiger partial charge in [-0.15, -0.1) is 0 Å². The summed E-state index contributed by atoms with van der Waals surface area (Å²) in [7, 11) is 1.64. The Bertz CT molecular complexity index is 346. The quantitative estimate of drug-likeness (QED) is 0.682. The van der Waals surface area contributed by atoms with Crippen LogP contribution >= 0.6 is 0 Å². The Labute approximate surface area is 82.6 Å². The van der Waals surface area contributed by atoms with E-state index in [1.165, 1.54) is 0 Å². The van der Waals surface area contributed by atoms with Crippen molar-refractivity contribution in [3.05, 3.63) is 23.8 Å². The number of ether oxygens (including phenoxy) is 2. The van der Waals surface area contributed by atoms with Gasteiger partial charge < -0.3 is 14.3 Å². The molecule has 0 fully saturated rings. The van der Waals surface area contributed by atoms with Crippen LogP contribution in [0.25, 0.3) is 0 Å². The van der Waals surface area contributed by atoms with Crippen LogP contribution in [0.15, 0.2) is 18.2 Å². The Morgan fingerprint density at radius 3 is 3.21 bits per heavy atom. The van der Waals surface area contributed by atoms with E-state index in [0.29, 0.717) is 6.42 Å². The molecule has 0 radical (unpaired) electrons. The van der Waals surface area contributed by atoms with E-state index >= 15 is 0 Å². The number of fused-ring (bicyclic) bond motifs is 1. The number of rotatable bonds is 3. The lowest BCUT2D eigenvalue weighted by Crippen LogP contribution is -2.12. The molecule has 0 N–H and O–H groups in total. The van der Waals surface area contributed by atoms with Gasteiger partial charge in [-0.1, -0.05) is 6.07 Å². The van der Waals surface area contributed by atoms with Gasteiger partial charge in [0.2, 0.25) is 0 Å². The van der Waals surface area contributed by atoms with Crippen LogP contribution in [0.2, 0.25) is 0 Å². The van der Waals surface area contributed by atoms with E-state index in [0.717, 1.165) is 29.8 Å². The van der Waals surface area contributed by atoms with Crippen LogP contribution in [0.3, 0.4) is 0 Å². The third kappa shape index (κ3) is 1.45. The summed E-state index contributed by atoms with van der Waals surface area (Å²) in [6.45, 7) is 0. The van der Waals surface area contributed by atoms with Crippen LogP contribution in [0.5, 0.6) is 11.5 Å². The topological polar surface area (TPSA) is 35.5 Å². The highest BCUT2D eigenvalue weighted by Gasteiger charge is 2.25. The summed E-state index contributed by atoms with van der Waals surface area (Å²) in [5.74, 6) is 1.69. The Hall–Kier alpha value is -1.51. The highest BCUT2D eigenvalue weighted by molar-refractivity contribution is 5.53. The molecular weight excluding hydrogens is 180 g/mol. The summed E-state index contributed by atoms with van der Waals surface area (Å²) in [5, 5.41) is 0. The molecule has 1 aliphatic rings. The first-order valence-corrected chi connectivity index (χ1v) is 4.61. The number of benzene rings is 1. The standard InChI is InChI=1S/C11H12O3/c1-13-10-3-2-4-11-9(10)7-8(14-11)5-6-12/h2-4,6,8H,5,7H2,1H3. The molecule has 2 rings (SSSR count). The van der Waals surface area contributed by atoms with Gasteiger partial charge >= 0.3 is 0 Å². The summed E-state index contributed by atoms with van der Waals surface area (Å²) >= 11 is 0. The first-order valence-electron chi connectivity index (χ1n) is 4.61. The second-order valence-corrected chi connectivity index (χ2v) is 3.28. The fourth-order valence-electron chi connectivity index (χ4n) is 1.74. The molecule has 1 aromatic carbocycles. The minimum absolute atomic E-state index is 0.0150. The summed E-state index contributed by atoms with van der Waals surface area (Å²) in [5.41, 5.74) is 1.07. The lowest BCUT2D eigenvalue weighted by atomic mass is 10.1. The first-order chi connectivity index (χ1) is 6.85. The number of methoxy groups -OCH3 is 1. The Morgan fingerprint density at radius 1 is 1.64 bits per heavy atom. The van der Waals surface area contributed by atoms with Gasteiger partial charge in [0, 0.05) is 18.4 Å². The lowest BCUT2D eigenvalue weighted by molar-refractivity contribution is -0.109. The van der Waals surface area contributed by atoms with Crippen LogP contribution in [0.1, 0.15) is 12.0 Å². The highest BCUT2D eigenvalue weighted by Crippen LogP contribution is 2.36. The maximum Gasteiger partial charge on any atom is 0.126 e. The Kier molecular flexibility index (Phi) is 2.39. The average molecular weight is 192 g/mol. The van der Waals surface area contributed by atoms with Gasteiger partial charge in [0.25, 0.3) is 0 Å². The minimum atomic E-state index is -0.0150. The average Bonchev–Trinajstić information content (AvgIpc) is 2.60. The molecule has 14 heavy (non-hydrogen) atoms.